The molecule has 0 spiro atoms. The highest BCUT2D eigenvalue weighted by molar-refractivity contribution is 5.75. The minimum Gasteiger partial charge on any atom is -0.345 e. The molecule has 17 heavy (non-hydrogen) atoms. The molecule has 0 radical (unpaired) electrons. The second kappa shape index (κ2) is 5.85. The maximum Gasteiger partial charge on any atom is 0.222 e. The normalized spacial score (nSPS) is 30.8. The van der Waals surface area contributed by atoms with Gasteiger partial charge in [0.25, 0.3) is 0 Å². The van der Waals surface area contributed by atoms with Crippen LogP contribution in [-0.4, -0.2) is 30.9 Å². The SMILES string of the molecule is CN(CC1CC2CCC1C2)C(=O)CCCCN. The Kier molecular flexibility index (Phi) is 4.43. The van der Waals surface area contributed by atoms with Crippen LogP contribution in [0, 0.1) is 17.8 Å². The van der Waals surface area contributed by atoms with Gasteiger partial charge in [-0.2, -0.15) is 0 Å². The third-order valence-electron chi connectivity index (χ3n) is 4.66. The molecule has 2 bridgehead atoms. The van der Waals surface area contributed by atoms with Crippen LogP contribution < -0.4 is 5.73 Å². The maximum atomic E-state index is 11.9. The van der Waals surface area contributed by atoms with Crippen molar-refractivity contribution in [3.8, 4) is 0 Å². The van der Waals surface area contributed by atoms with Crippen LogP contribution in [0.1, 0.15) is 44.9 Å². The molecule has 0 aromatic rings. The zero-order valence-electron chi connectivity index (χ0n) is 11.0. The number of carbonyl (C=O) groups excluding carboxylic acids is 1. The molecular weight excluding hydrogens is 212 g/mol. The molecule has 1 amide bonds. The van der Waals surface area contributed by atoms with Gasteiger partial charge in [0.1, 0.15) is 0 Å². The zero-order chi connectivity index (χ0) is 12.3. The second-order valence-corrected chi connectivity index (χ2v) is 5.95. The maximum absolute atomic E-state index is 11.9. The van der Waals surface area contributed by atoms with Gasteiger partial charge in [-0.3, -0.25) is 4.79 Å². The van der Waals surface area contributed by atoms with Gasteiger partial charge in [-0.1, -0.05) is 6.42 Å². The van der Waals surface area contributed by atoms with Crippen molar-refractivity contribution in [3.63, 3.8) is 0 Å². The van der Waals surface area contributed by atoms with E-state index in [1.807, 2.05) is 11.9 Å². The van der Waals surface area contributed by atoms with Crippen molar-refractivity contribution in [2.75, 3.05) is 20.1 Å². The highest BCUT2D eigenvalue weighted by Crippen LogP contribution is 2.48. The van der Waals surface area contributed by atoms with E-state index in [1.54, 1.807) is 0 Å². The second-order valence-electron chi connectivity index (χ2n) is 5.95. The van der Waals surface area contributed by atoms with Crippen LogP contribution in [-0.2, 0) is 4.79 Å². The van der Waals surface area contributed by atoms with Gasteiger partial charge in [-0.15, -0.1) is 0 Å². The Morgan fingerprint density at radius 2 is 2.12 bits per heavy atom. The number of hydrogen-bond acceptors (Lipinski definition) is 2. The summed E-state index contributed by atoms with van der Waals surface area (Å²) in [5.41, 5.74) is 5.44. The third-order valence-corrected chi connectivity index (χ3v) is 4.66. The number of hydrogen-bond donors (Lipinski definition) is 1. The van der Waals surface area contributed by atoms with Crippen LogP contribution in [0.5, 0.6) is 0 Å². The summed E-state index contributed by atoms with van der Waals surface area (Å²) < 4.78 is 0. The summed E-state index contributed by atoms with van der Waals surface area (Å²) in [7, 11) is 1.97. The Labute approximate surface area is 105 Å². The largest absolute Gasteiger partial charge is 0.345 e. The molecule has 2 rings (SSSR count). The number of carbonyl (C=O) groups is 1. The van der Waals surface area contributed by atoms with E-state index in [2.05, 4.69) is 0 Å². The summed E-state index contributed by atoms with van der Waals surface area (Å²) in [4.78, 5) is 13.9. The summed E-state index contributed by atoms with van der Waals surface area (Å²) in [5.74, 6) is 2.99. The first-order valence-corrected chi connectivity index (χ1v) is 7.14. The van der Waals surface area contributed by atoms with Gasteiger partial charge in [0.15, 0.2) is 0 Å². The molecule has 3 unspecified atom stereocenters. The van der Waals surface area contributed by atoms with Crippen molar-refractivity contribution in [2.45, 2.75) is 44.9 Å². The first-order valence-electron chi connectivity index (χ1n) is 7.14. The lowest BCUT2D eigenvalue weighted by molar-refractivity contribution is -0.130. The molecule has 3 nitrogen and oxygen atoms in total. The van der Waals surface area contributed by atoms with Crippen LogP contribution in [0.15, 0.2) is 0 Å². The zero-order valence-corrected chi connectivity index (χ0v) is 11.0. The molecule has 98 valence electrons. The smallest absolute Gasteiger partial charge is 0.222 e. The Morgan fingerprint density at radius 1 is 1.29 bits per heavy atom. The topological polar surface area (TPSA) is 46.3 Å². The molecule has 2 N–H and O–H groups in total. The number of nitrogens with two attached hydrogens (primary N) is 1. The first-order chi connectivity index (χ1) is 8.20. The van der Waals surface area contributed by atoms with E-state index in [4.69, 9.17) is 5.73 Å². The molecule has 0 saturated heterocycles. The minimum absolute atomic E-state index is 0.307. The fourth-order valence-corrected chi connectivity index (χ4v) is 3.67. The van der Waals surface area contributed by atoms with Gasteiger partial charge < -0.3 is 10.6 Å². The lowest BCUT2D eigenvalue weighted by Crippen LogP contribution is -2.33. The standard InChI is InChI=1S/C14H26N2O/c1-16(14(17)4-2-3-7-15)10-13-9-11-5-6-12(13)8-11/h11-13H,2-10,15H2,1H3. The van der Waals surface area contributed by atoms with E-state index in [0.717, 1.165) is 37.1 Å². The predicted molar refractivity (Wildman–Crippen MR) is 69.5 cm³/mol. The van der Waals surface area contributed by atoms with E-state index in [1.165, 1.54) is 25.7 Å². The van der Waals surface area contributed by atoms with Crippen molar-refractivity contribution in [3.05, 3.63) is 0 Å². The van der Waals surface area contributed by atoms with E-state index in [-0.39, 0.29) is 0 Å². The van der Waals surface area contributed by atoms with Crippen LogP contribution in [0.2, 0.25) is 0 Å². The lowest BCUT2D eigenvalue weighted by Gasteiger charge is -2.27. The van der Waals surface area contributed by atoms with Gasteiger partial charge in [-0.05, 0) is 56.4 Å². The van der Waals surface area contributed by atoms with Crippen molar-refractivity contribution in [1.29, 1.82) is 0 Å². The van der Waals surface area contributed by atoms with Crippen LogP contribution >= 0.6 is 0 Å². The van der Waals surface area contributed by atoms with Crippen LogP contribution in [0.25, 0.3) is 0 Å². The molecular formula is C14H26N2O. The van der Waals surface area contributed by atoms with Gasteiger partial charge in [0.05, 0.1) is 0 Å². The first kappa shape index (κ1) is 12.9. The summed E-state index contributed by atoms with van der Waals surface area (Å²) in [6, 6.07) is 0. The van der Waals surface area contributed by atoms with Gasteiger partial charge in [0.2, 0.25) is 5.91 Å². The molecule has 3 heteroatoms. The summed E-state index contributed by atoms with van der Waals surface area (Å²) >= 11 is 0. The van der Waals surface area contributed by atoms with E-state index >= 15 is 0 Å². The molecule has 2 aliphatic carbocycles. The minimum atomic E-state index is 0.307. The molecule has 0 aromatic carbocycles. The average molecular weight is 238 g/mol. The number of fused-ring (bicyclic) bond motifs is 2. The Hall–Kier alpha value is -0.570. The fraction of sp³-hybridized carbons (Fsp3) is 0.929. The summed E-state index contributed by atoms with van der Waals surface area (Å²) in [6.07, 6.45) is 8.23. The highest BCUT2D eigenvalue weighted by Gasteiger charge is 2.39. The van der Waals surface area contributed by atoms with Crippen molar-refractivity contribution in [2.24, 2.45) is 23.5 Å². The molecule has 2 fully saturated rings. The number of rotatable bonds is 6. The number of unbranched alkanes of at least 4 members (excludes halogenated alkanes) is 1. The summed E-state index contributed by atoms with van der Waals surface area (Å²) in [5, 5.41) is 0. The van der Waals surface area contributed by atoms with E-state index < -0.39 is 0 Å². The molecule has 2 saturated carbocycles. The third kappa shape index (κ3) is 3.21. The average Bonchev–Trinajstić information content (AvgIpc) is 2.91. The number of amides is 1. The Balaban J connectivity index is 1.69. The van der Waals surface area contributed by atoms with Crippen LogP contribution in [0.4, 0.5) is 0 Å². The Morgan fingerprint density at radius 3 is 2.71 bits per heavy atom. The van der Waals surface area contributed by atoms with E-state index in [0.29, 0.717) is 18.9 Å². The van der Waals surface area contributed by atoms with Crippen molar-refractivity contribution < 1.29 is 4.79 Å². The van der Waals surface area contributed by atoms with E-state index in [9.17, 15) is 4.79 Å². The van der Waals surface area contributed by atoms with Crippen molar-refractivity contribution in [1.82, 2.24) is 4.90 Å². The molecule has 0 aliphatic heterocycles. The summed E-state index contributed by atoms with van der Waals surface area (Å²) in [6.45, 7) is 1.69. The predicted octanol–water partition coefficient (Wildman–Crippen LogP) is 2.01. The monoisotopic (exact) mass is 238 g/mol. The van der Waals surface area contributed by atoms with Gasteiger partial charge >= 0.3 is 0 Å². The lowest BCUT2D eigenvalue weighted by atomic mass is 9.88. The number of nitrogens with zero attached hydrogens (tertiary/aromatic N) is 1. The molecule has 0 aromatic heterocycles. The molecule has 3 atom stereocenters. The van der Waals surface area contributed by atoms with Gasteiger partial charge in [0, 0.05) is 20.0 Å². The molecule has 2 aliphatic rings. The highest BCUT2D eigenvalue weighted by atomic mass is 16.2. The quantitative estimate of drug-likeness (QED) is 0.720. The van der Waals surface area contributed by atoms with Crippen molar-refractivity contribution >= 4 is 5.91 Å². The van der Waals surface area contributed by atoms with Gasteiger partial charge in [-0.25, -0.2) is 0 Å². The van der Waals surface area contributed by atoms with Crippen LogP contribution in [0.3, 0.4) is 0 Å². The molecule has 0 heterocycles. The Bertz CT molecular complexity index is 267. The fourth-order valence-electron chi connectivity index (χ4n) is 3.67.